The fraction of sp³-hybridized carbons (Fsp3) is 0.280. The predicted octanol–water partition coefficient (Wildman–Crippen LogP) is 3.93. The van der Waals surface area contributed by atoms with Crippen LogP contribution in [0.5, 0.6) is 0 Å². The number of imide groups is 1. The molecule has 0 bridgehead atoms. The monoisotopic (exact) mass is 447 g/mol. The quantitative estimate of drug-likeness (QED) is 0.566. The number of nitrogens with zero attached hydrogens (tertiary/aromatic N) is 3. The van der Waals surface area contributed by atoms with Crippen LogP contribution in [-0.2, 0) is 13.0 Å². The topological polar surface area (TPSA) is 83.7 Å². The Morgan fingerprint density at radius 1 is 1.09 bits per heavy atom. The Morgan fingerprint density at radius 2 is 1.82 bits per heavy atom. The number of carbonyl (C=O) groups is 3. The second-order valence-electron chi connectivity index (χ2n) is 8.80. The van der Waals surface area contributed by atoms with Crippen LogP contribution in [0.4, 0.5) is 4.39 Å². The van der Waals surface area contributed by atoms with Crippen LogP contribution >= 0.6 is 0 Å². The molecule has 2 aromatic carbocycles. The van der Waals surface area contributed by atoms with Gasteiger partial charge in [-0.3, -0.25) is 19.3 Å². The summed E-state index contributed by atoms with van der Waals surface area (Å²) in [5.41, 5.74) is 3.25. The fourth-order valence-corrected chi connectivity index (χ4v) is 4.37. The van der Waals surface area contributed by atoms with Crippen molar-refractivity contribution in [3.8, 4) is 11.3 Å². The molecule has 3 heterocycles. The molecular weight excluding hydrogens is 425 g/mol. The van der Waals surface area contributed by atoms with Crippen molar-refractivity contribution in [2.24, 2.45) is 5.92 Å². The molecule has 3 amide bonds. The summed E-state index contributed by atoms with van der Waals surface area (Å²) < 4.78 is 18.8. The van der Waals surface area contributed by atoms with Crippen LogP contribution in [0.2, 0.25) is 0 Å². The molecule has 0 atom stereocenters. The first-order valence-electron chi connectivity index (χ1n) is 10.9. The summed E-state index contributed by atoms with van der Waals surface area (Å²) in [7, 11) is 0. The molecule has 0 radical (unpaired) electrons. The third-order valence-electron chi connectivity index (χ3n) is 6.00. The number of rotatable bonds is 4. The van der Waals surface area contributed by atoms with E-state index in [9.17, 15) is 18.8 Å². The highest BCUT2D eigenvalue weighted by molar-refractivity contribution is 6.22. The van der Waals surface area contributed by atoms with Crippen molar-refractivity contribution in [2.75, 3.05) is 13.1 Å². The number of amides is 3. The highest BCUT2D eigenvalue weighted by atomic mass is 19.1. The highest BCUT2D eigenvalue weighted by Crippen LogP contribution is 2.31. The molecule has 0 unspecified atom stereocenters. The normalized spacial score (nSPS) is 15.3. The Bertz CT molecular complexity index is 1280. The van der Waals surface area contributed by atoms with Gasteiger partial charge in [0.1, 0.15) is 11.5 Å². The van der Waals surface area contributed by atoms with Crippen molar-refractivity contribution >= 4 is 17.7 Å². The average Bonchev–Trinajstić information content (AvgIpc) is 3.33. The summed E-state index contributed by atoms with van der Waals surface area (Å²) in [5.74, 6) is -0.508. The fourth-order valence-electron chi connectivity index (χ4n) is 4.37. The summed E-state index contributed by atoms with van der Waals surface area (Å²) in [5, 5.41) is 4.13. The maximum atomic E-state index is 13.2. The van der Waals surface area contributed by atoms with E-state index >= 15 is 0 Å². The molecule has 8 heteroatoms. The van der Waals surface area contributed by atoms with Gasteiger partial charge in [-0.1, -0.05) is 19.0 Å². The molecule has 0 saturated heterocycles. The molecule has 3 aromatic rings. The maximum absolute atomic E-state index is 13.2. The van der Waals surface area contributed by atoms with Crippen molar-refractivity contribution in [3.63, 3.8) is 0 Å². The molecule has 0 fully saturated rings. The molecule has 0 spiro atoms. The molecule has 0 saturated carbocycles. The van der Waals surface area contributed by atoms with E-state index < -0.39 is 0 Å². The van der Waals surface area contributed by atoms with Gasteiger partial charge in [0.15, 0.2) is 5.76 Å². The van der Waals surface area contributed by atoms with E-state index in [1.807, 2.05) is 13.8 Å². The minimum absolute atomic E-state index is 0.151. The zero-order valence-electron chi connectivity index (χ0n) is 18.3. The maximum Gasteiger partial charge on any atom is 0.261 e. The minimum atomic E-state index is -0.361. The third kappa shape index (κ3) is 3.61. The summed E-state index contributed by atoms with van der Waals surface area (Å²) >= 11 is 0. The Kier molecular flexibility index (Phi) is 5.08. The Morgan fingerprint density at radius 3 is 2.55 bits per heavy atom. The molecule has 33 heavy (non-hydrogen) atoms. The first-order valence-corrected chi connectivity index (χ1v) is 10.9. The van der Waals surface area contributed by atoms with Crippen LogP contribution in [-0.4, -0.2) is 45.8 Å². The molecule has 2 aliphatic rings. The van der Waals surface area contributed by atoms with Crippen LogP contribution < -0.4 is 0 Å². The van der Waals surface area contributed by atoms with Crippen LogP contribution in [0.1, 0.15) is 56.2 Å². The standard InChI is InChI=1S/C25H22FN3O4/c1-14(2)12-29-24(31)18-8-5-16(11-20(18)25(29)32)23(30)28-10-9-19-21(13-28)27-33-22(19)15-3-6-17(26)7-4-15/h3-8,11,14H,9-10,12-13H2,1-2H3. The molecular formula is C25H22FN3O4. The number of hydrogen-bond acceptors (Lipinski definition) is 5. The van der Waals surface area contributed by atoms with E-state index in [2.05, 4.69) is 5.16 Å². The number of carbonyl (C=O) groups excluding carboxylic acids is 3. The Hall–Kier alpha value is -3.81. The number of fused-ring (bicyclic) bond motifs is 2. The predicted molar refractivity (Wildman–Crippen MR) is 117 cm³/mol. The lowest BCUT2D eigenvalue weighted by Gasteiger charge is -2.26. The first-order chi connectivity index (χ1) is 15.8. The molecule has 0 N–H and O–H groups in total. The molecule has 2 aliphatic heterocycles. The number of benzene rings is 2. The van der Waals surface area contributed by atoms with Gasteiger partial charge >= 0.3 is 0 Å². The lowest BCUT2D eigenvalue weighted by Crippen LogP contribution is -2.36. The smallest absolute Gasteiger partial charge is 0.261 e. The SMILES string of the molecule is CC(C)CN1C(=O)c2ccc(C(=O)N3CCc4c(noc4-c4ccc(F)cc4)C3)cc2C1=O. The Balaban J connectivity index is 1.36. The van der Waals surface area contributed by atoms with Gasteiger partial charge in [0.2, 0.25) is 0 Å². The van der Waals surface area contributed by atoms with Crippen LogP contribution in [0.3, 0.4) is 0 Å². The van der Waals surface area contributed by atoms with Gasteiger partial charge in [0.05, 0.1) is 17.7 Å². The molecule has 7 nitrogen and oxygen atoms in total. The van der Waals surface area contributed by atoms with Crippen molar-refractivity contribution in [3.05, 3.63) is 76.2 Å². The van der Waals surface area contributed by atoms with E-state index in [4.69, 9.17) is 4.52 Å². The van der Waals surface area contributed by atoms with Crippen molar-refractivity contribution in [2.45, 2.75) is 26.8 Å². The van der Waals surface area contributed by atoms with Crippen molar-refractivity contribution in [1.82, 2.24) is 15.0 Å². The van der Waals surface area contributed by atoms with Crippen molar-refractivity contribution < 1.29 is 23.3 Å². The van der Waals surface area contributed by atoms with E-state index in [1.165, 1.54) is 23.1 Å². The molecule has 0 aliphatic carbocycles. The van der Waals surface area contributed by atoms with E-state index in [0.29, 0.717) is 42.1 Å². The number of halogens is 1. The van der Waals surface area contributed by atoms with Gasteiger partial charge in [-0.2, -0.15) is 0 Å². The molecule has 1 aromatic heterocycles. The molecule has 5 rings (SSSR count). The summed E-state index contributed by atoms with van der Waals surface area (Å²) in [6, 6.07) is 10.7. The second kappa shape index (κ2) is 7.95. The van der Waals surface area contributed by atoms with Gasteiger partial charge in [-0.25, -0.2) is 4.39 Å². The third-order valence-corrected chi connectivity index (χ3v) is 6.00. The lowest BCUT2D eigenvalue weighted by molar-refractivity contribution is 0.0635. The van der Waals surface area contributed by atoms with E-state index in [1.54, 1.807) is 29.2 Å². The van der Waals surface area contributed by atoms with Gasteiger partial charge < -0.3 is 9.42 Å². The largest absolute Gasteiger partial charge is 0.356 e. The summed E-state index contributed by atoms with van der Waals surface area (Å²) in [4.78, 5) is 41.4. The van der Waals surface area contributed by atoms with Crippen LogP contribution in [0, 0.1) is 11.7 Å². The van der Waals surface area contributed by atoms with Gasteiger partial charge in [-0.05, 0) is 54.8 Å². The average molecular weight is 447 g/mol. The van der Waals surface area contributed by atoms with E-state index in [0.717, 1.165) is 11.1 Å². The van der Waals surface area contributed by atoms with Crippen LogP contribution in [0.15, 0.2) is 47.0 Å². The van der Waals surface area contributed by atoms with Crippen molar-refractivity contribution in [1.29, 1.82) is 0 Å². The Labute approximate surface area is 189 Å². The second-order valence-corrected chi connectivity index (χ2v) is 8.80. The number of aromatic nitrogens is 1. The zero-order chi connectivity index (χ0) is 23.3. The zero-order valence-corrected chi connectivity index (χ0v) is 18.3. The minimum Gasteiger partial charge on any atom is -0.356 e. The van der Waals surface area contributed by atoms with Gasteiger partial charge in [0.25, 0.3) is 17.7 Å². The lowest BCUT2D eigenvalue weighted by atomic mass is 9.99. The highest BCUT2D eigenvalue weighted by Gasteiger charge is 2.37. The summed E-state index contributed by atoms with van der Waals surface area (Å²) in [6.07, 6.45) is 0.543. The summed E-state index contributed by atoms with van der Waals surface area (Å²) in [6.45, 7) is 4.93. The number of hydrogen-bond donors (Lipinski definition) is 0. The van der Waals surface area contributed by atoms with Crippen LogP contribution in [0.25, 0.3) is 11.3 Å². The van der Waals surface area contributed by atoms with Gasteiger partial charge in [-0.15, -0.1) is 0 Å². The first kappa shape index (κ1) is 21.1. The van der Waals surface area contributed by atoms with E-state index in [-0.39, 0.29) is 41.6 Å². The molecule has 168 valence electrons. The van der Waals surface area contributed by atoms with Gasteiger partial charge in [0, 0.05) is 29.8 Å².